The zero-order valence-electron chi connectivity index (χ0n) is 10.1. The van der Waals surface area contributed by atoms with Gasteiger partial charge in [-0.3, -0.25) is 20.3 Å². The molecule has 8 heteroatoms. The molecule has 0 saturated heterocycles. The number of nitro groups is 1. The first kappa shape index (κ1) is 15.4. The Kier molecular flexibility index (Phi) is 6.23. The average Bonchev–Trinajstić information content (AvgIpc) is 2.39. The van der Waals surface area contributed by atoms with E-state index in [1.54, 1.807) is 6.07 Å². The van der Waals surface area contributed by atoms with E-state index in [1.165, 1.54) is 12.1 Å². The highest BCUT2D eigenvalue weighted by molar-refractivity contribution is 9.10. The van der Waals surface area contributed by atoms with Crippen LogP contribution in [0.4, 0.5) is 5.69 Å². The Morgan fingerprint density at radius 1 is 1.47 bits per heavy atom. The monoisotopic (exact) mass is 331 g/mol. The minimum atomic E-state index is -0.481. The van der Waals surface area contributed by atoms with Crippen LogP contribution >= 0.6 is 15.9 Å². The number of hydrogen-bond donors (Lipinski definition) is 2. The molecule has 7 nitrogen and oxygen atoms in total. The molecule has 0 aliphatic carbocycles. The van der Waals surface area contributed by atoms with Crippen molar-refractivity contribution in [3.63, 3.8) is 0 Å². The molecule has 19 heavy (non-hydrogen) atoms. The SMILES string of the molecule is NNC(=O)CCCCOc1cc([N+](=O)[O-])ccc1Br. The number of hydrazine groups is 1. The summed E-state index contributed by atoms with van der Waals surface area (Å²) in [5.74, 6) is 5.13. The maximum absolute atomic E-state index is 10.9. The van der Waals surface area contributed by atoms with Crippen LogP contribution in [-0.2, 0) is 4.79 Å². The van der Waals surface area contributed by atoms with Gasteiger partial charge in [-0.05, 0) is 34.8 Å². The predicted octanol–water partition coefficient (Wildman–Crippen LogP) is 1.90. The van der Waals surface area contributed by atoms with Gasteiger partial charge in [-0.2, -0.15) is 0 Å². The average molecular weight is 332 g/mol. The van der Waals surface area contributed by atoms with E-state index in [2.05, 4.69) is 15.9 Å². The van der Waals surface area contributed by atoms with E-state index >= 15 is 0 Å². The van der Waals surface area contributed by atoms with Gasteiger partial charge >= 0.3 is 0 Å². The number of carbonyl (C=O) groups excluding carboxylic acids is 1. The molecule has 104 valence electrons. The fourth-order valence-corrected chi connectivity index (χ4v) is 1.72. The van der Waals surface area contributed by atoms with Crippen molar-refractivity contribution in [2.24, 2.45) is 5.84 Å². The van der Waals surface area contributed by atoms with Gasteiger partial charge in [0.25, 0.3) is 5.69 Å². The number of non-ortho nitro benzene ring substituents is 1. The Balaban J connectivity index is 2.42. The third-order valence-corrected chi connectivity index (χ3v) is 3.00. The van der Waals surface area contributed by atoms with Crippen molar-refractivity contribution >= 4 is 27.5 Å². The smallest absolute Gasteiger partial charge is 0.273 e. The molecule has 0 radical (unpaired) electrons. The molecule has 0 atom stereocenters. The second-order valence-corrected chi connectivity index (χ2v) is 4.60. The molecule has 1 aromatic rings. The van der Waals surface area contributed by atoms with E-state index < -0.39 is 4.92 Å². The quantitative estimate of drug-likeness (QED) is 0.261. The fourth-order valence-electron chi connectivity index (χ4n) is 1.36. The Morgan fingerprint density at radius 2 is 2.21 bits per heavy atom. The van der Waals surface area contributed by atoms with Gasteiger partial charge < -0.3 is 4.74 Å². The number of unbranched alkanes of at least 4 members (excludes halogenated alkanes) is 1. The number of amides is 1. The lowest BCUT2D eigenvalue weighted by atomic mass is 10.2. The van der Waals surface area contributed by atoms with E-state index in [0.29, 0.717) is 36.1 Å². The number of hydrogen-bond acceptors (Lipinski definition) is 5. The van der Waals surface area contributed by atoms with Crippen LogP contribution in [-0.4, -0.2) is 17.4 Å². The maximum Gasteiger partial charge on any atom is 0.273 e. The number of carbonyl (C=O) groups is 1. The normalized spacial score (nSPS) is 10.0. The van der Waals surface area contributed by atoms with Gasteiger partial charge in [0.05, 0.1) is 22.1 Å². The van der Waals surface area contributed by atoms with Crippen LogP contribution in [0.15, 0.2) is 22.7 Å². The third kappa shape index (κ3) is 5.23. The van der Waals surface area contributed by atoms with Crippen molar-refractivity contribution in [2.45, 2.75) is 19.3 Å². The highest BCUT2D eigenvalue weighted by Crippen LogP contribution is 2.29. The van der Waals surface area contributed by atoms with Gasteiger partial charge in [0.15, 0.2) is 0 Å². The molecule has 0 aromatic heterocycles. The predicted molar refractivity (Wildman–Crippen MR) is 72.5 cm³/mol. The summed E-state index contributed by atoms with van der Waals surface area (Å²) in [5.41, 5.74) is 2.01. The van der Waals surface area contributed by atoms with E-state index in [4.69, 9.17) is 10.6 Å². The molecule has 1 amide bonds. The van der Waals surface area contributed by atoms with E-state index in [9.17, 15) is 14.9 Å². The van der Waals surface area contributed by atoms with Crippen LogP contribution in [0.25, 0.3) is 0 Å². The van der Waals surface area contributed by atoms with E-state index in [1.807, 2.05) is 5.43 Å². The van der Waals surface area contributed by atoms with Gasteiger partial charge in [-0.15, -0.1) is 0 Å². The second kappa shape index (κ2) is 7.70. The Bertz CT molecular complexity index is 467. The molecular weight excluding hydrogens is 318 g/mol. The summed E-state index contributed by atoms with van der Waals surface area (Å²) in [7, 11) is 0. The summed E-state index contributed by atoms with van der Waals surface area (Å²) < 4.78 is 6.08. The number of ether oxygens (including phenoxy) is 1. The van der Waals surface area contributed by atoms with Crippen LogP contribution < -0.4 is 16.0 Å². The van der Waals surface area contributed by atoms with Gasteiger partial charge in [0.2, 0.25) is 5.91 Å². The lowest BCUT2D eigenvalue weighted by molar-refractivity contribution is -0.385. The first-order chi connectivity index (χ1) is 9.04. The van der Waals surface area contributed by atoms with Gasteiger partial charge in [0, 0.05) is 12.5 Å². The Labute approximate surface area is 118 Å². The lowest BCUT2D eigenvalue weighted by Gasteiger charge is -2.07. The van der Waals surface area contributed by atoms with Crippen molar-refractivity contribution in [1.29, 1.82) is 0 Å². The van der Waals surface area contributed by atoms with Gasteiger partial charge in [0.1, 0.15) is 5.75 Å². The zero-order valence-corrected chi connectivity index (χ0v) is 11.7. The highest BCUT2D eigenvalue weighted by atomic mass is 79.9. The number of nitrogens with two attached hydrogens (primary N) is 1. The molecule has 0 aliphatic rings. The molecule has 1 aromatic carbocycles. The lowest BCUT2D eigenvalue weighted by Crippen LogP contribution is -2.29. The maximum atomic E-state index is 10.9. The first-order valence-electron chi connectivity index (χ1n) is 5.60. The van der Waals surface area contributed by atoms with Crippen molar-refractivity contribution in [1.82, 2.24) is 5.43 Å². The summed E-state index contributed by atoms with van der Waals surface area (Å²) >= 11 is 3.25. The zero-order chi connectivity index (χ0) is 14.3. The largest absolute Gasteiger partial charge is 0.492 e. The summed E-state index contributed by atoms with van der Waals surface area (Å²) in [6.45, 7) is 0.373. The minimum Gasteiger partial charge on any atom is -0.492 e. The molecule has 0 heterocycles. The molecule has 0 saturated carbocycles. The Morgan fingerprint density at radius 3 is 2.84 bits per heavy atom. The van der Waals surface area contributed by atoms with Crippen LogP contribution in [0.5, 0.6) is 5.75 Å². The van der Waals surface area contributed by atoms with Crippen LogP contribution in [0.2, 0.25) is 0 Å². The molecule has 0 fully saturated rings. The van der Waals surface area contributed by atoms with E-state index in [-0.39, 0.29) is 11.6 Å². The standard InChI is InChI=1S/C11H14BrN3O4/c12-9-5-4-8(15(17)18)7-10(9)19-6-2-1-3-11(16)14-13/h4-5,7H,1-3,6,13H2,(H,14,16). The molecule has 0 spiro atoms. The molecule has 0 aliphatic heterocycles. The first-order valence-corrected chi connectivity index (χ1v) is 6.40. The Hall–Kier alpha value is -1.67. The van der Waals surface area contributed by atoms with Crippen molar-refractivity contribution in [3.8, 4) is 5.75 Å². The van der Waals surface area contributed by atoms with E-state index in [0.717, 1.165) is 0 Å². The van der Waals surface area contributed by atoms with Gasteiger partial charge in [-0.1, -0.05) is 0 Å². The molecular formula is C11H14BrN3O4. The fraction of sp³-hybridized carbons (Fsp3) is 0.364. The van der Waals surface area contributed by atoms with Crippen LogP contribution in [0.1, 0.15) is 19.3 Å². The van der Waals surface area contributed by atoms with Crippen LogP contribution in [0.3, 0.4) is 0 Å². The molecule has 0 bridgehead atoms. The number of nitro benzene ring substituents is 1. The summed E-state index contributed by atoms with van der Waals surface area (Å²) in [6.07, 6.45) is 1.62. The molecule has 1 rings (SSSR count). The number of rotatable bonds is 7. The molecule has 0 unspecified atom stereocenters. The number of nitrogens with one attached hydrogen (secondary N) is 1. The van der Waals surface area contributed by atoms with Crippen molar-refractivity contribution in [3.05, 3.63) is 32.8 Å². The number of nitrogens with zero attached hydrogens (tertiary/aromatic N) is 1. The van der Waals surface area contributed by atoms with Crippen molar-refractivity contribution in [2.75, 3.05) is 6.61 Å². The summed E-state index contributed by atoms with van der Waals surface area (Å²) in [4.78, 5) is 21.0. The minimum absolute atomic E-state index is 0.0271. The third-order valence-electron chi connectivity index (χ3n) is 2.34. The van der Waals surface area contributed by atoms with Gasteiger partial charge in [-0.25, -0.2) is 5.84 Å². The second-order valence-electron chi connectivity index (χ2n) is 3.74. The van der Waals surface area contributed by atoms with Crippen LogP contribution in [0, 0.1) is 10.1 Å². The number of benzene rings is 1. The number of halogens is 1. The topological polar surface area (TPSA) is 107 Å². The molecule has 3 N–H and O–H groups in total. The summed E-state index contributed by atoms with van der Waals surface area (Å²) in [5, 5.41) is 10.6. The summed E-state index contributed by atoms with van der Waals surface area (Å²) in [6, 6.07) is 4.31. The highest BCUT2D eigenvalue weighted by Gasteiger charge is 2.10. The van der Waals surface area contributed by atoms with Crippen molar-refractivity contribution < 1.29 is 14.5 Å².